The predicted molar refractivity (Wildman–Crippen MR) is 62.4 cm³/mol. The van der Waals surface area contributed by atoms with Crippen LogP contribution in [0.5, 0.6) is 0 Å². The molecule has 0 radical (unpaired) electrons. The third-order valence-corrected chi connectivity index (χ3v) is 2.33. The van der Waals surface area contributed by atoms with E-state index in [9.17, 15) is 0 Å². The lowest BCUT2D eigenvalue weighted by atomic mass is 10.3. The second kappa shape index (κ2) is 4.53. The standard InChI is InChI=1S/C11H13ClN2O/c1-8(12)6-7-13-11-14-9-4-2-3-5-10(9)15-11/h2-5,8H,6-7H2,1H3,(H,13,14). The van der Waals surface area contributed by atoms with Crippen LogP contribution in [0.2, 0.25) is 0 Å². The SMILES string of the molecule is CC(Cl)CCNc1nc2ccccc2o1. The zero-order valence-electron chi connectivity index (χ0n) is 8.53. The van der Waals surface area contributed by atoms with Crippen molar-refractivity contribution in [1.29, 1.82) is 0 Å². The van der Waals surface area contributed by atoms with Crippen LogP contribution >= 0.6 is 11.6 Å². The van der Waals surface area contributed by atoms with Gasteiger partial charge in [-0.1, -0.05) is 12.1 Å². The maximum absolute atomic E-state index is 5.83. The van der Waals surface area contributed by atoms with E-state index < -0.39 is 0 Å². The van der Waals surface area contributed by atoms with E-state index in [-0.39, 0.29) is 5.38 Å². The van der Waals surface area contributed by atoms with Gasteiger partial charge >= 0.3 is 0 Å². The van der Waals surface area contributed by atoms with Crippen molar-refractivity contribution in [3.63, 3.8) is 0 Å². The van der Waals surface area contributed by atoms with Crippen molar-refractivity contribution in [2.24, 2.45) is 0 Å². The van der Waals surface area contributed by atoms with Crippen LogP contribution in [0.15, 0.2) is 28.7 Å². The number of para-hydroxylation sites is 2. The number of anilines is 1. The van der Waals surface area contributed by atoms with Crippen molar-refractivity contribution in [2.75, 3.05) is 11.9 Å². The first kappa shape index (κ1) is 10.3. The second-order valence-corrected chi connectivity index (χ2v) is 4.23. The van der Waals surface area contributed by atoms with Gasteiger partial charge in [-0.05, 0) is 25.5 Å². The Morgan fingerprint density at radius 2 is 2.27 bits per heavy atom. The number of halogens is 1. The molecule has 0 saturated heterocycles. The Labute approximate surface area is 93.4 Å². The molecule has 0 bridgehead atoms. The van der Waals surface area contributed by atoms with Crippen LogP contribution in [0.4, 0.5) is 6.01 Å². The van der Waals surface area contributed by atoms with Gasteiger partial charge in [0.15, 0.2) is 5.58 Å². The van der Waals surface area contributed by atoms with E-state index in [2.05, 4.69) is 10.3 Å². The lowest BCUT2D eigenvalue weighted by Gasteiger charge is -2.02. The molecule has 2 rings (SSSR count). The highest BCUT2D eigenvalue weighted by Gasteiger charge is 2.04. The molecule has 1 aromatic carbocycles. The van der Waals surface area contributed by atoms with Gasteiger partial charge in [0.1, 0.15) is 5.52 Å². The Balaban J connectivity index is 2.03. The van der Waals surface area contributed by atoms with Crippen molar-refractivity contribution < 1.29 is 4.42 Å². The van der Waals surface area contributed by atoms with Crippen molar-refractivity contribution in [3.05, 3.63) is 24.3 Å². The fourth-order valence-corrected chi connectivity index (χ4v) is 1.43. The number of alkyl halides is 1. The van der Waals surface area contributed by atoms with Gasteiger partial charge in [0, 0.05) is 11.9 Å². The first-order valence-electron chi connectivity index (χ1n) is 4.99. The van der Waals surface area contributed by atoms with Crippen LogP contribution in [0, 0.1) is 0 Å². The van der Waals surface area contributed by atoms with E-state index in [4.69, 9.17) is 16.0 Å². The molecule has 1 atom stereocenters. The number of aromatic nitrogens is 1. The summed E-state index contributed by atoms with van der Waals surface area (Å²) in [5.41, 5.74) is 1.68. The van der Waals surface area contributed by atoms with Crippen molar-refractivity contribution >= 4 is 28.7 Å². The van der Waals surface area contributed by atoms with Gasteiger partial charge in [-0.3, -0.25) is 0 Å². The molecule has 0 spiro atoms. The fourth-order valence-electron chi connectivity index (χ4n) is 1.33. The van der Waals surface area contributed by atoms with Gasteiger partial charge < -0.3 is 9.73 Å². The number of rotatable bonds is 4. The molecular weight excluding hydrogens is 212 g/mol. The molecule has 0 aliphatic heterocycles. The van der Waals surface area contributed by atoms with Gasteiger partial charge in [0.2, 0.25) is 0 Å². The third-order valence-electron chi connectivity index (χ3n) is 2.11. The minimum Gasteiger partial charge on any atom is -0.424 e. The molecule has 1 heterocycles. The lowest BCUT2D eigenvalue weighted by Crippen LogP contribution is -2.06. The first-order valence-corrected chi connectivity index (χ1v) is 5.43. The average Bonchev–Trinajstić information content (AvgIpc) is 2.59. The third kappa shape index (κ3) is 2.63. The molecule has 80 valence electrons. The molecule has 4 heteroatoms. The molecule has 0 aliphatic carbocycles. The fraction of sp³-hybridized carbons (Fsp3) is 0.364. The number of oxazole rings is 1. The molecule has 0 fully saturated rings. The molecule has 1 unspecified atom stereocenters. The minimum atomic E-state index is 0.168. The summed E-state index contributed by atoms with van der Waals surface area (Å²) in [5, 5.41) is 3.27. The maximum atomic E-state index is 5.83. The van der Waals surface area contributed by atoms with Gasteiger partial charge in [-0.15, -0.1) is 11.6 Å². The van der Waals surface area contributed by atoms with E-state index in [0.29, 0.717) is 6.01 Å². The number of hydrogen-bond donors (Lipinski definition) is 1. The molecule has 0 amide bonds. The summed E-state index contributed by atoms with van der Waals surface area (Å²) in [6.07, 6.45) is 0.889. The number of nitrogens with one attached hydrogen (secondary N) is 1. The molecular formula is C11H13ClN2O. The average molecular weight is 225 g/mol. The summed E-state index contributed by atoms with van der Waals surface area (Å²) in [6, 6.07) is 8.26. The Morgan fingerprint density at radius 1 is 1.47 bits per heavy atom. The topological polar surface area (TPSA) is 38.1 Å². The van der Waals surface area contributed by atoms with E-state index in [1.54, 1.807) is 0 Å². The highest BCUT2D eigenvalue weighted by Crippen LogP contribution is 2.17. The van der Waals surface area contributed by atoms with Gasteiger partial charge in [0.05, 0.1) is 0 Å². The maximum Gasteiger partial charge on any atom is 0.295 e. The zero-order valence-corrected chi connectivity index (χ0v) is 9.29. The number of benzene rings is 1. The van der Waals surface area contributed by atoms with Gasteiger partial charge in [-0.25, -0.2) is 0 Å². The number of nitrogens with zero attached hydrogens (tertiary/aromatic N) is 1. The van der Waals surface area contributed by atoms with Crippen LogP contribution in [-0.4, -0.2) is 16.9 Å². The largest absolute Gasteiger partial charge is 0.424 e. The second-order valence-electron chi connectivity index (χ2n) is 3.48. The first-order chi connectivity index (χ1) is 7.25. The summed E-state index contributed by atoms with van der Waals surface area (Å²) in [7, 11) is 0. The molecule has 0 aliphatic rings. The molecule has 0 saturated carbocycles. The summed E-state index contributed by atoms with van der Waals surface area (Å²) >= 11 is 5.83. The van der Waals surface area contributed by atoms with Gasteiger partial charge in [-0.2, -0.15) is 4.98 Å². The number of fused-ring (bicyclic) bond motifs is 1. The van der Waals surface area contributed by atoms with Crippen molar-refractivity contribution in [1.82, 2.24) is 4.98 Å². The zero-order chi connectivity index (χ0) is 10.7. The number of hydrogen-bond acceptors (Lipinski definition) is 3. The van der Waals surface area contributed by atoms with Crippen LogP contribution in [0.1, 0.15) is 13.3 Å². The summed E-state index contributed by atoms with van der Waals surface area (Å²) in [5.74, 6) is 0. The molecule has 1 aromatic heterocycles. The Morgan fingerprint density at radius 3 is 3.00 bits per heavy atom. The van der Waals surface area contributed by atoms with Crippen molar-refractivity contribution in [2.45, 2.75) is 18.7 Å². The van der Waals surface area contributed by atoms with E-state index >= 15 is 0 Å². The van der Waals surface area contributed by atoms with Crippen LogP contribution < -0.4 is 5.32 Å². The Kier molecular flexibility index (Phi) is 3.11. The van der Waals surface area contributed by atoms with E-state index in [0.717, 1.165) is 24.1 Å². The summed E-state index contributed by atoms with van der Waals surface area (Å²) < 4.78 is 5.48. The van der Waals surface area contributed by atoms with Crippen LogP contribution in [-0.2, 0) is 0 Å². The van der Waals surface area contributed by atoms with Crippen LogP contribution in [0.3, 0.4) is 0 Å². The lowest BCUT2D eigenvalue weighted by molar-refractivity contribution is 0.612. The normalized spacial score (nSPS) is 12.9. The Bertz CT molecular complexity index is 406. The highest BCUT2D eigenvalue weighted by atomic mass is 35.5. The summed E-state index contributed by atoms with van der Waals surface area (Å²) in [6.45, 7) is 2.74. The Hall–Kier alpha value is -1.22. The van der Waals surface area contributed by atoms with E-state index in [1.807, 2.05) is 31.2 Å². The van der Waals surface area contributed by atoms with Gasteiger partial charge in [0.25, 0.3) is 6.01 Å². The quantitative estimate of drug-likeness (QED) is 0.811. The highest BCUT2D eigenvalue weighted by molar-refractivity contribution is 6.20. The molecule has 1 N–H and O–H groups in total. The molecule has 2 aromatic rings. The minimum absolute atomic E-state index is 0.168. The summed E-state index contributed by atoms with van der Waals surface area (Å²) in [4.78, 5) is 4.29. The van der Waals surface area contributed by atoms with E-state index in [1.165, 1.54) is 0 Å². The predicted octanol–water partition coefficient (Wildman–Crippen LogP) is 3.26. The molecule has 3 nitrogen and oxygen atoms in total. The smallest absolute Gasteiger partial charge is 0.295 e. The van der Waals surface area contributed by atoms with Crippen LogP contribution in [0.25, 0.3) is 11.1 Å². The van der Waals surface area contributed by atoms with Crippen molar-refractivity contribution in [3.8, 4) is 0 Å². The molecule has 15 heavy (non-hydrogen) atoms. The monoisotopic (exact) mass is 224 g/mol.